The quantitative estimate of drug-likeness (QED) is 0.462. The Bertz CT molecular complexity index is 1290. The lowest BCUT2D eigenvalue weighted by atomic mass is 10.3. The van der Waals surface area contributed by atoms with Gasteiger partial charge >= 0.3 is 6.18 Å². The molecule has 0 spiro atoms. The molecule has 0 saturated heterocycles. The van der Waals surface area contributed by atoms with Crippen LogP contribution in [-0.4, -0.2) is 40.7 Å². The summed E-state index contributed by atoms with van der Waals surface area (Å²) in [5, 5.41) is 2.82. The topological polar surface area (TPSA) is 93.0 Å². The van der Waals surface area contributed by atoms with Gasteiger partial charge in [0.2, 0.25) is 5.95 Å². The van der Waals surface area contributed by atoms with Crippen molar-refractivity contribution in [3.8, 4) is 11.4 Å². The van der Waals surface area contributed by atoms with E-state index in [0.29, 0.717) is 11.3 Å². The third kappa shape index (κ3) is 3.55. The number of nitrogens with one attached hydrogen (secondary N) is 1. The Morgan fingerprint density at radius 3 is 2.47 bits per heavy atom. The molecule has 1 aliphatic rings. The Morgan fingerprint density at radius 2 is 1.88 bits per heavy atom. The zero-order valence-corrected chi connectivity index (χ0v) is 18.0. The number of hydrogen-bond donors (Lipinski definition) is 1. The van der Waals surface area contributed by atoms with Gasteiger partial charge in [0.05, 0.1) is 23.3 Å². The van der Waals surface area contributed by atoms with E-state index in [2.05, 4.69) is 20.3 Å². The second-order valence-electron chi connectivity index (χ2n) is 7.20. The van der Waals surface area contributed by atoms with E-state index in [1.54, 1.807) is 11.9 Å². The highest BCUT2D eigenvalue weighted by molar-refractivity contribution is 7.91. The van der Waals surface area contributed by atoms with Crippen molar-refractivity contribution < 1.29 is 26.0 Å². The lowest BCUT2D eigenvalue weighted by Crippen LogP contribution is -2.26. The molecule has 32 heavy (non-hydrogen) atoms. The van der Waals surface area contributed by atoms with Gasteiger partial charge in [0.25, 0.3) is 0 Å². The molecule has 3 aromatic heterocycles. The maximum atomic E-state index is 13.3. The Kier molecular flexibility index (Phi) is 5.11. The van der Waals surface area contributed by atoms with Crippen molar-refractivity contribution in [1.29, 1.82) is 0 Å². The van der Waals surface area contributed by atoms with Gasteiger partial charge in [0.1, 0.15) is 23.4 Å². The Morgan fingerprint density at radius 1 is 1.16 bits per heavy atom. The number of alkyl halides is 3. The van der Waals surface area contributed by atoms with E-state index in [1.807, 2.05) is 0 Å². The van der Waals surface area contributed by atoms with Crippen LogP contribution in [0.4, 0.5) is 28.9 Å². The van der Waals surface area contributed by atoms with E-state index < -0.39 is 33.8 Å². The van der Waals surface area contributed by atoms with Crippen LogP contribution in [0.1, 0.15) is 24.5 Å². The van der Waals surface area contributed by atoms with Crippen LogP contribution in [0.3, 0.4) is 0 Å². The van der Waals surface area contributed by atoms with Gasteiger partial charge in [-0.15, -0.1) is 0 Å². The molecule has 1 atom stereocenters. The molecular weight excluding hydrogens is 452 g/mol. The summed E-state index contributed by atoms with van der Waals surface area (Å²) in [6.07, 6.45) is -3.20. The van der Waals surface area contributed by atoms with Crippen molar-refractivity contribution in [2.24, 2.45) is 7.05 Å². The van der Waals surface area contributed by atoms with Crippen LogP contribution in [0.2, 0.25) is 0 Å². The number of pyridine rings is 2. The standard InChI is InChI=1S/C19H18F4N6O2S/c1-4-32(30,31)18-15(27-16(29(18)3)10-5-6-14(20)25-8-10)17-26-11-7-13(19(21,22)23)24-9-12(11)28(17)2/h5-9,17,26H,4H2,1-3H3. The molecule has 0 bridgehead atoms. The normalized spacial score (nSPS) is 16.2. The molecule has 13 heteroatoms. The number of imidazole rings is 1. The first-order valence-electron chi connectivity index (χ1n) is 9.42. The van der Waals surface area contributed by atoms with Crippen LogP contribution >= 0.6 is 0 Å². The van der Waals surface area contributed by atoms with Crippen molar-refractivity contribution in [2.45, 2.75) is 24.3 Å². The molecule has 0 aromatic carbocycles. The van der Waals surface area contributed by atoms with Gasteiger partial charge in [-0.1, -0.05) is 6.92 Å². The molecule has 4 rings (SSSR count). The van der Waals surface area contributed by atoms with Crippen molar-refractivity contribution in [3.63, 3.8) is 0 Å². The molecular formula is C19H18F4N6O2S. The fourth-order valence-electron chi connectivity index (χ4n) is 3.59. The van der Waals surface area contributed by atoms with E-state index in [4.69, 9.17) is 0 Å². The van der Waals surface area contributed by atoms with Crippen LogP contribution in [0.25, 0.3) is 11.4 Å². The van der Waals surface area contributed by atoms with Gasteiger partial charge < -0.3 is 14.8 Å². The number of hydrogen-bond acceptors (Lipinski definition) is 7. The molecule has 3 aromatic rings. The van der Waals surface area contributed by atoms with Crippen molar-refractivity contribution in [1.82, 2.24) is 19.5 Å². The molecule has 0 radical (unpaired) electrons. The third-order valence-electron chi connectivity index (χ3n) is 5.22. The van der Waals surface area contributed by atoms with E-state index in [9.17, 15) is 26.0 Å². The molecule has 0 saturated carbocycles. The first-order valence-corrected chi connectivity index (χ1v) is 11.1. The van der Waals surface area contributed by atoms with Crippen molar-refractivity contribution in [2.75, 3.05) is 23.0 Å². The summed E-state index contributed by atoms with van der Waals surface area (Å²) in [5.41, 5.74) is -0.0834. The summed E-state index contributed by atoms with van der Waals surface area (Å²) in [6, 6.07) is 3.41. The predicted molar refractivity (Wildman–Crippen MR) is 108 cm³/mol. The zero-order chi connectivity index (χ0) is 23.4. The van der Waals surface area contributed by atoms with Gasteiger partial charge in [-0.05, 0) is 18.2 Å². The molecule has 8 nitrogen and oxygen atoms in total. The lowest BCUT2D eigenvalue weighted by molar-refractivity contribution is -0.141. The summed E-state index contributed by atoms with van der Waals surface area (Å²) in [4.78, 5) is 13.1. The molecule has 1 aliphatic heterocycles. The number of rotatable bonds is 4. The largest absolute Gasteiger partial charge is 0.433 e. The summed E-state index contributed by atoms with van der Waals surface area (Å²) in [6.45, 7) is 1.48. The molecule has 4 heterocycles. The highest BCUT2D eigenvalue weighted by Crippen LogP contribution is 2.43. The van der Waals surface area contributed by atoms with E-state index in [1.165, 1.54) is 30.8 Å². The summed E-state index contributed by atoms with van der Waals surface area (Å²) < 4.78 is 79.7. The smallest absolute Gasteiger partial charge is 0.358 e. The number of nitrogens with zero attached hydrogens (tertiary/aromatic N) is 5. The molecule has 1 N–H and O–H groups in total. The second-order valence-corrected chi connectivity index (χ2v) is 9.39. The second kappa shape index (κ2) is 7.43. The van der Waals surface area contributed by atoms with Gasteiger partial charge in [-0.3, -0.25) is 0 Å². The Labute approximate surface area is 180 Å². The lowest BCUT2D eigenvalue weighted by Gasteiger charge is -2.21. The van der Waals surface area contributed by atoms with Gasteiger partial charge in [-0.25, -0.2) is 23.4 Å². The third-order valence-corrected chi connectivity index (χ3v) is 7.05. The summed E-state index contributed by atoms with van der Waals surface area (Å²) in [7, 11) is -0.696. The fraction of sp³-hybridized carbons (Fsp3) is 0.316. The summed E-state index contributed by atoms with van der Waals surface area (Å²) >= 11 is 0. The van der Waals surface area contributed by atoms with E-state index in [-0.39, 0.29) is 28.0 Å². The number of sulfone groups is 1. The number of aromatic nitrogens is 4. The number of halogens is 4. The molecule has 170 valence electrons. The average Bonchev–Trinajstić information content (AvgIpc) is 3.25. The highest BCUT2D eigenvalue weighted by Gasteiger charge is 2.39. The zero-order valence-electron chi connectivity index (χ0n) is 17.1. The van der Waals surface area contributed by atoms with Crippen LogP contribution in [0, 0.1) is 5.95 Å². The summed E-state index contributed by atoms with van der Waals surface area (Å²) in [5.74, 6) is -0.700. The predicted octanol–water partition coefficient (Wildman–Crippen LogP) is 3.39. The van der Waals surface area contributed by atoms with Crippen LogP contribution < -0.4 is 10.2 Å². The average molecular weight is 470 g/mol. The van der Waals surface area contributed by atoms with Crippen LogP contribution in [-0.2, 0) is 23.1 Å². The molecule has 0 aliphatic carbocycles. The first kappa shape index (κ1) is 22.0. The Hall–Kier alpha value is -3.22. The minimum Gasteiger partial charge on any atom is -0.358 e. The maximum Gasteiger partial charge on any atom is 0.433 e. The highest BCUT2D eigenvalue weighted by atomic mass is 32.2. The monoisotopic (exact) mass is 470 g/mol. The number of fused-ring (bicyclic) bond motifs is 1. The first-order chi connectivity index (χ1) is 14.9. The van der Waals surface area contributed by atoms with Crippen molar-refractivity contribution in [3.05, 3.63) is 47.9 Å². The molecule has 0 fully saturated rings. The maximum absolute atomic E-state index is 13.3. The molecule has 1 unspecified atom stereocenters. The minimum atomic E-state index is -4.63. The van der Waals surface area contributed by atoms with Gasteiger partial charge in [-0.2, -0.15) is 17.6 Å². The van der Waals surface area contributed by atoms with E-state index >= 15 is 0 Å². The minimum absolute atomic E-state index is 0.0968. The molecule has 0 amide bonds. The SMILES string of the molecule is CCS(=O)(=O)c1c(C2Nc3cc(C(F)(F)F)ncc3N2C)nc(-c2ccc(F)nc2)n1C. The van der Waals surface area contributed by atoms with Crippen LogP contribution in [0.5, 0.6) is 0 Å². The Balaban J connectivity index is 1.86. The van der Waals surface area contributed by atoms with Gasteiger partial charge in [0, 0.05) is 25.9 Å². The van der Waals surface area contributed by atoms with Crippen LogP contribution in [0.15, 0.2) is 35.6 Å². The number of anilines is 2. The van der Waals surface area contributed by atoms with Crippen molar-refractivity contribution >= 4 is 21.2 Å². The fourth-order valence-corrected chi connectivity index (χ4v) is 4.84. The van der Waals surface area contributed by atoms with Gasteiger partial charge in [0.15, 0.2) is 14.9 Å². The van der Waals surface area contributed by atoms with E-state index in [0.717, 1.165) is 18.3 Å².